The van der Waals surface area contributed by atoms with Crippen molar-refractivity contribution >= 4 is 15.9 Å². The van der Waals surface area contributed by atoms with Gasteiger partial charge in [0.15, 0.2) is 0 Å². The summed E-state index contributed by atoms with van der Waals surface area (Å²) in [5.41, 5.74) is 0.810. The third-order valence-corrected chi connectivity index (χ3v) is 5.01. The molecule has 110 valence electrons. The quantitative estimate of drug-likeness (QED) is 0.875. The monoisotopic (exact) mass is 340 g/mol. The van der Waals surface area contributed by atoms with E-state index in [1.54, 1.807) is 12.1 Å². The van der Waals surface area contributed by atoms with Gasteiger partial charge in [-0.3, -0.25) is 4.90 Å². The Balaban J connectivity index is 1.77. The van der Waals surface area contributed by atoms with Crippen LogP contribution < -0.4 is 5.32 Å². The highest BCUT2D eigenvalue weighted by Crippen LogP contribution is 2.36. The first-order valence-electron chi connectivity index (χ1n) is 7.59. The standard InChI is InChI=1S/C16H22BrFN2/c1-11(15-9-12(17)4-7-16(15)18)20(14-5-6-14)10-13-3-2-8-19-13/h4,7,9,11,13-14,19H,2-3,5-6,8,10H2,1H3. The highest BCUT2D eigenvalue weighted by Gasteiger charge is 2.35. The molecule has 1 heterocycles. The van der Waals surface area contributed by atoms with E-state index in [0.29, 0.717) is 12.1 Å². The van der Waals surface area contributed by atoms with Crippen molar-refractivity contribution in [3.63, 3.8) is 0 Å². The van der Waals surface area contributed by atoms with Crippen molar-refractivity contribution in [1.82, 2.24) is 10.2 Å². The molecule has 1 N–H and O–H groups in total. The van der Waals surface area contributed by atoms with Gasteiger partial charge >= 0.3 is 0 Å². The minimum absolute atomic E-state index is 0.0919. The first kappa shape index (κ1) is 14.5. The summed E-state index contributed by atoms with van der Waals surface area (Å²) in [4.78, 5) is 2.49. The Morgan fingerprint density at radius 2 is 2.20 bits per heavy atom. The van der Waals surface area contributed by atoms with Crippen LogP contribution in [0.1, 0.15) is 44.2 Å². The molecule has 0 spiro atoms. The lowest BCUT2D eigenvalue weighted by Crippen LogP contribution is -2.40. The summed E-state index contributed by atoms with van der Waals surface area (Å²) in [5, 5.41) is 3.56. The third kappa shape index (κ3) is 3.23. The summed E-state index contributed by atoms with van der Waals surface area (Å²) in [7, 11) is 0. The maximum Gasteiger partial charge on any atom is 0.128 e. The van der Waals surface area contributed by atoms with Crippen LogP contribution in [-0.4, -0.2) is 30.1 Å². The van der Waals surface area contributed by atoms with Crippen molar-refractivity contribution in [2.45, 2.75) is 50.7 Å². The van der Waals surface area contributed by atoms with Gasteiger partial charge in [-0.15, -0.1) is 0 Å². The molecule has 1 aliphatic carbocycles. The maximum absolute atomic E-state index is 14.1. The summed E-state index contributed by atoms with van der Waals surface area (Å²) in [6, 6.07) is 6.62. The number of halogens is 2. The third-order valence-electron chi connectivity index (χ3n) is 4.52. The first-order valence-corrected chi connectivity index (χ1v) is 8.38. The molecule has 1 saturated carbocycles. The van der Waals surface area contributed by atoms with Crippen LogP contribution in [-0.2, 0) is 0 Å². The molecule has 2 aliphatic rings. The molecule has 0 amide bonds. The van der Waals surface area contributed by atoms with E-state index in [0.717, 1.165) is 23.1 Å². The Hall–Kier alpha value is -0.450. The number of nitrogens with zero attached hydrogens (tertiary/aromatic N) is 1. The topological polar surface area (TPSA) is 15.3 Å². The van der Waals surface area contributed by atoms with E-state index in [-0.39, 0.29) is 11.9 Å². The molecule has 4 heteroatoms. The van der Waals surface area contributed by atoms with Crippen LogP contribution in [0.15, 0.2) is 22.7 Å². The maximum atomic E-state index is 14.1. The van der Waals surface area contributed by atoms with Gasteiger partial charge < -0.3 is 5.32 Å². The molecular formula is C16H22BrFN2. The van der Waals surface area contributed by atoms with Gasteiger partial charge in [0.25, 0.3) is 0 Å². The van der Waals surface area contributed by atoms with Gasteiger partial charge in [0.05, 0.1) is 0 Å². The average molecular weight is 341 g/mol. The minimum Gasteiger partial charge on any atom is -0.313 e. The van der Waals surface area contributed by atoms with E-state index in [4.69, 9.17) is 0 Å². The molecular weight excluding hydrogens is 319 g/mol. The van der Waals surface area contributed by atoms with Gasteiger partial charge in [-0.05, 0) is 57.4 Å². The van der Waals surface area contributed by atoms with E-state index < -0.39 is 0 Å². The molecule has 2 unspecified atom stereocenters. The van der Waals surface area contributed by atoms with Crippen molar-refractivity contribution in [1.29, 1.82) is 0 Å². The number of nitrogens with one attached hydrogen (secondary N) is 1. The van der Waals surface area contributed by atoms with Gasteiger partial charge in [0, 0.05) is 34.7 Å². The zero-order valence-electron chi connectivity index (χ0n) is 11.9. The highest BCUT2D eigenvalue weighted by molar-refractivity contribution is 9.10. The van der Waals surface area contributed by atoms with Crippen molar-refractivity contribution in [2.75, 3.05) is 13.1 Å². The summed E-state index contributed by atoms with van der Waals surface area (Å²) >= 11 is 3.46. The predicted molar refractivity (Wildman–Crippen MR) is 83.3 cm³/mol. The van der Waals surface area contributed by atoms with E-state index >= 15 is 0 Å². The predicted octanol–water partition coefficient (Wildman–Crippen LogP) is 3.87. The highest BCUT2D eigenvalue weighted by atomic mass is 79.9. The molecule has 2 atom stereocenters. The van der Waals surface area contributed by atoms with Crippen molar-refractivity contribution < 1.29 is 4.39 Å². The van der Waals surface area contributed by atoms with E-state index in [9.17, 15) is 4.39 Å². The van der Waals surface area contributed by atoms with Gasteiger partial charge in [-0.25, -0.2) is 4.39 Å². The fourth-order valence-electron chi connectivity index (χ4n) is 3.21. The lowest BCUT2D eigenvalue weighted by atomic mass is 10.0. The molecule has 2 fully saturated rings. The average Bonchev–Trinajstić information content (AvgIpc) is 3.15. The Morgan fingerprint density at radius 3 is 2.85 bits per heavy atom. The van der Waals surface area contributed by atoms with Gasteiger partial charge in [0.1, 0.15) is 5.82 Å². The molecule has 0 aromatic heterocycles. The Kier molecular flexibility index (Phi) is 4.43. The summed E-state index contributed by atoms with van der Waals surface area (Å²) in [5.74, 6) is -0.0919. The molecule has 0 radical (unpaired) electrons. The number of rotatable bonds is 5. The van der Waals surface area contributed by atoms with E-state index in [2.05, 4.69) is 33.1 Å². The number of benzene rings is 1. The lowest BCUT2D eigenvalue weighted by Gasteiger charge is -2.32. The van der Waals surface area contributed by atoms with Crippen LogP contribution in [0.25, 0.3) is 0 Å². The van der Waals surface area contributed by atoms with E-state index in [1.165, 1.54) is 25.7 Å². The molecule has 1 saturated heterocycles. The molecule has 0 bridgehead atoms. The summed E-state index contributed by atoms with van der Waals surface area (Å²) in [6.45, 7) is 4.30. The Labute approximate surface area is 128 Å². The summed E-state index contributed by atoms with van der Waals surface area (Å²) < 4.78 is 15.1. The van der Waals surface area contributed by atoms with Crippen molar-refractivity contribution in [2.24, 2.45) is 0 Å². The smallest absolute Gasteiger partial charge is 0.128 e. The zero-order chi connectivity index (χ0) is 14.1. The molecule has 1 aromatic carbocycles. The summed E-state index contributed by atoms with van der Waals surface area (Å²) in [6.07, 6.45) is 5.03. The molecule has 1 aromatic rings. The fourth-order valence-corrected chi connectivity index (χ4v) is 3.59. The largest absolute Gasteiger partial charge is 0.313 e. The molecule has 1 aliphatic heterocycles. The number of hydrogen-bond acceptors (Lipinski definition) is 2. The Morgan fingerprint density at radius 1 is 1.40 bits per heavy atom. The Bertz CT molecular complexity index is 470. The van der Waals surface area contributed by atoms with Crippen molar-refractivity contribution in [3.05, 3.63) is 34.1 Å². The van der Waals surface area contributed by atoms with Crippen LogP contribution in [0.2, 0.25) is 0 Å². The van der Waals surface area contributed by atoms with Gasteiger partial charge in [-0.2, -0.15) is 0 Å². The van der Waals surface area contributed by atoms with Crippen LogP contribution >= 0.6 is 15.9 Å². The fraction of sp³-hybridized carbons (Fsp3) is 0.625. The van der Waals surface area contributed by atoms with Crippen LogP contribution in [0.4, 0.5) is 4.39 Å². The normalized spacial score (nSPS) is 24.3. The second-order valence-corrected chi connectivity index (χ2v) is 6.98. The van der Waals surface area contributed by atoms with Crippen LogP contribution in [0, 0.1) is 5.82 Å². The van der Waals surface area contributed by atoms with Crippen LogP contribution in [0.3, 0.4) is 0 Å². The lowest BCUT2D eigenvalue weighted by molar-refractivity contribution is 0.179. The number of hydrogen-bond donors (Lipinski definition) is 1. The molecule has 20 heavy (non-hydrogen) atoms. The van der Waals surface area contributed by atoms with Gasteiger partial charge in [0.2, 0.25) is 0 Å². The van der Waals surface area contributed by atoms with Crippen LogP contribution in [0.5, 0.6) is 0 Å². The second-order valence-electron chi connectivity index (χ2n) is 6.06. The first-order chi connectivity index (χ1) is 9.65. The molecule has 2 nitrogen and oxygen atoms in total. The molecule has 3 rings (SSSR count). The van der Waals surface area contributed by atoms with Gasteiger partial charge in [-0.1, -0.05) is 15.9 Å². The minimum atomic E-state index is -0.0919. The van der Waals surface area contributed by atoms with E-state index in [1.807, 2.05) is 6.07 Å². The zero-order valence-corrected chi connectivity index (χ0v) is 13.5. The SMILES string of the molecule is CC(c1cc(Br)ccc1F)N(CC1CCCN1)C1CC1. The second kappa shape index (κ2) is 6.12. The van der Waals surface area contributed by atoms with Crippen molar-refractivity contribution in [3.8, 4) is 0 Å².